The minimum absolute atomic E-state index is 0. The third kappa shape index (κ3) is 16.2. The van der Waals surface area contributed by atoms with E-state index in [1.807, 2.05) is 89.3 Å². The van der Waals surface area contributed by atoms with E-state index >= 15 is 0 Å². The van der Waals surface area contributed by atoms with Crippen LogP contribution in [0.5, 0.6) is 11.5 Å². The number of methoxy groups -OCH3 is 1. The second-order valence-electron chi connectivity index (χ2n) is 12.7. The van der Waals surface area contributed by atoms with Crippen molar-refractivity contribution in [2.45, 2.75) is 85.8 Å². The highest BCUT2D eigenvalue weighted by Gasteiger charge is 2.18. The normalized spacial score (nSPS) is 13.9. The van der Waals surface area contributed by atoms with Gasteiger partial charge in [-0.2, -0.15) is 13.5 Å². The van der Waals surface area contributed by atoms with E-state index in [-0.39, 0.29) is 25.5 Å². The van der Waals surface area contributed by atoms with E-state index in [4.69, 9.17) is 21.1 Å². The zero-order valence-electron chi connectivity index (χ0n) is 32.2. The van der Waals surface area contributed by atoms with E-state index in [9.17, 15) is 9.59 Å². The number of rotatable bonds is 11. The monoisotopic (exact) mass is 742 g/mol. The molecule has 1 saturated heterocycles. The summed E-state index contributed by atoms with van der Waals surface area (Å²) in [5.74, 6) is 2.42. The number of likely N-dealkylation sites (N-methyl/N-ethyl adjacent to an activating group) is 1. The number of piperazine rings is 1. The molecular formula is C41H63ClN4O4S. The Hall–Kier alpha value is -3.40. The van der Waals surface area contributed by atoms with Gasteiger partial charge in [0.05, 0.1) is 26.3 Å². The van der Waals surface area contributed by atoms with Crippen LogP contribution in [-0.4, -0.2) is 70.7 Å². The molecular weight excluding hydrogens is 680 g/mol. The molecule has 10 heteroatoms. The lowest BCUT2D eigenvalue weighted by molar-refractivity contribution is -0.130. The number of amides is 2. The van der Waals surface area contributed by atoms with Crippen molar-refractivity contribution in [1.29, 1.82) is 0 Å². The minimum Gasteiger partial charge on any atom is -0.493 e. The van der Waals surface area contributed by atoms with Gasteiger partial charge in [-0.25, -0.2) is 0 Å². The molecule has 0 unspecified atom stereocenters. The molecule has 1 aliphatic heterocycles. The number of nitrogens with zero attached hydrogens (tertiary/aromatic N) is 3. The van der Waals surface area contributed by atoms with Gasteiger partial charge in [0, 0.05) is 50.1 Å². The van der Waals surface area contributed by atoms with Gasteiger partial charge in [0.1, 0.15) is 0 Å². The van der Waals surface area contributed by atoms with Gasteiger partial charge in [0.2, 0.25) is 12.3 Å². The van der Waals surface area contributed by atoms with Crippen LogP contribution in [0, 0.1) is 5.92 Å². The number of benzene rings is 3. The first-order chi connectivity index (χ1) is 24.1. The molecule has 0 atom stereocenters. The second-order valence-corrected chi connectivity index (χ2v) is 13.2. The van der Waals surface area contributed by atoms with E-state index in [1.165, 1.54) is 37.8 Å². The molecule has 1 aliphatic carbocycles. The van der Waals surface area contributed by atoms with Gasteiger partial charge in [-0.05, 0) is 98.7 Å². The molecule has 3 aromatic carbocycles. The van der Waals surface area contributed by atoms with Crippen LogP contribution in [0.15, 0.2) is 66.7 Å². The Labute approximate surface area is 320 Å². The van der Waals surface area contributed by atoms with Crippen molar-refractivity contribution in [2.24, 2.45) is 5.92 Å². The van der Waals surface area contributed by atoms with Gasteiger partial charge in [0.15, 0.2) is 11.5 Å². The smallest absolute Gasteiger partial charge is 0.236 e. The predicted molar refractivity (Wildman–Crippen MR) is 220 cm³/mol. The number of anilines is 2. The largest absolute Gasteiger partial charge is 0.493 e. The molecule has 8 nitrogen and oxygen atoms in total. The summed E-state index contributed by atoms with van der Waals surface area (Å²) >= 11 is 5.54. The van der Waals surface area contributed by atoms with E-state index in [0.717, 1.165) is 66.0 Å². The van der Waals surface area contributed by atoms with Gasteiger partial charge >= 0.3 is 0 Å². The average Bonchev–Trinajstić information content (AvgIpc) is 3.14. The Morgan fingerprint density at radius 1 is 0.961 bits per heavy atom. The number of aryl methyl sites for hydroxylation is 1. The molecule has 1 saturated carbocycles. The van der Waals surface area contributed by atoms with E-state index in [0.29, 0.717) is 18.8 Å². The number of carbonyl (C=O) groups excluding carboxylic acids is 2. The summed E-state index contributed by atoms with van der Waals surface area (Å²) < 4.78 is 11.5. The Kier molecular flexibility index (Phi) is 22.8. The summed E-state index contributed by atoms with van der Waals surface area (Å²) in [6, 6.07) is 21.8. The van der Waals surface area contributed by atoms with Gasteiger partial charge in [-0.1, -0.05) is 69.8 Å². The first-order valence-electron chi connectivity index (χ1n) is 18.2. The second kappa shape index (κ2) is 25.5. The maximum absolute atomic E-state index is 12.0. The molecule has 284 valence electrons. The van der Waals surface area contributed by atoms with Crippen molar-refractivity contribution >= 4 is 48.8 Å². The zero-order valence-corrected chi connectivity index (χ0v) is 34.0. The summed E-state index contributed by atoms with van der Waals surface area (Å²) in [5.41, 5.74) is 4.31. The van der Waals surface area contributed by atoms with E-state index in [1.54, 1.807) is 16.9 Å². The molecule has 3 aromatic rings. The molecule has 0 aromatic heterocycles. The van der Waals surface area contributed by atoms with Crippen molar-refractivity contribution < 1.29 is 19.1 Å². The SMILES string of the molecule is CC.CCc1cc(OC)c(OC(C)C)cc1CN(C=O)c1ccc(N(C)CC2CCCCC2)cc1.CN1CCNCC1=O.Clc1ccccc1.S. The predicted octanol–water partition coefficient (Wildman–Crippen LogP) is 8.75. The van der Waals surface area contributed by atoms with Gasteiger partial charge < -0.3 is 29.5 Å². The fourth-order valence-corrected chi connectivity index (χ4v) is 6.02. The maximum Gasteiger partial charge on any atom is 0.236 e. The Morgan fingerprint density at radius 3 is 2.04 bits per heavy atom. The first kappa shape index (κ1) is 45.6. The quantitative estimate of drug-likeness (QED) is 0.198. The maximum atomic E-state index is 12.0. The number of hydrogen-bond acceptors (Lipinski definition) is 6. The van der Waals surface area contributed by atoms with Crippen molar-refractivity contribution in [1.82, 2.24) is 10.2 Å². The first-order valence-corrected chi connectivity index (χ1v) is 18.6. The number of ether oxygens (including phenoxy) is 2. The lowest BCUT2D eigenvalue weighted by Crippen LogP contribution is -2.45. The summed E-state index contributed by atoms with van der Waals surface area (Å²) in [5, 5.41) is 3.77. The number of hydrogen-bond donors (Lipinski definition) is 1. The molecule has 0 radical (unpaired) electrons. The van der Waals surface area contributed by atoms with Crippen molar-refractivity contribution in [3.63, 3.8) is 0 Å². The molecule has 2 aliphatic rings. The fourth-order valence-electron chi connectivity index (χ4n) is 5.88. The van der Waals surface area contributed by atoms with Crippen LogP contribution < -0.4 is 24.6 Å². The minimum atomic E-state index is 0. The number of halogens is 1. The van der Waals surface area contributed by atoms with E-state index < -0.39 is 0 Å². The lowest BCUT2D eigenvalue weighted by atomic mass is 9.89. The molecule has 1 N–H and O–H groups in total. The summed E-state index contributed by atoms with van der Waals surface area (Å²) in [4.78, 5) is 28.5. The lowest BCUT2D eigenvalue weighted by Gasteiger charge is -2.29. The third-order valence-corrected chi connectivity index (χ3v) is 8.89. The fraction of sp³-hybridized carbons (Fsp3) is 0.512. The highest BCUT2D eigenvalue weighted by Crippen LogP contribution is 2.33. The Balaban J connectivity index is 0.000000589. The highest BCUT2D eigenvalue weighted by atomic mass is 35.5. The van der Waals surface area contributed by atoms with Gasteiger partial charge in [-0.15, -0.1) is 0 Å². The third-order valence-electron chi connectivity index (χ3n) is 8.64. The Bertz CT molecular complexity index is 1390. The van der Waals surface area contributed by atoms with Crippen LogP contribution in [-0.2, 0) is 22.6 Å². The summed E-state index contributed by atoms with van der Waals surface area (Å²) in [6.07, 6.45) is 8.59. The van der Waals surface area contributed by atoms with Crippen LogP contribution in [0.3, 0.4) is 0 Å². The van der Waals surface area contributed by atoms with Crippen molar-refractivity contribution in [2.75, 3.05) is 57.2 Å². The van der Waals surface area contributed by atoms with Crippen LogP contribution >= 0.6 is 25.1 Å². The van der Waals surface area contributed by atoms with Crippen LogP contribution in [0.4, 0.5) is 11.4 Å². The molecule has 0 bridgehead atoms. The highest BCUT2D eigenvalue weighted by molar-refractivity contribution is 7.59. The van der Waals surface area contributed by atoms with Crippen molar-refractivity contribution in [3.05, 3.63) is 82.9 Å². The Morgan fingerprint density at radius 2 is 1.57 bits per heavy atom. The van der Waals surface area contributed by atoms with Crippen LogP contribution in [0.2, 0.25) is 5.02 Å². The summed E-state index contributed by atoms with van der Waals surface area (Å²) in [6.45, 7) is 14.0. The van der Waals surface area contributed by atoms with Crippen LogP contribution in [0.25, 0.3) is 0 Å². The molecule has 0 spiro atoms. The molecule has 5 rings (SSSR count). The molecule has 51 heavy (non-hydrogen) atoms. The van der Waals surface area contributed by atoms with Crippen molar-refractivity contribution in [3.8, 4) is 11.5 Å². The van der Waals surface area contributed by atoms with Gasteiger partial charge in [-0.3, -0.25) is 9.59 Å². The zero-order chi connectivity index (χ0) is 36.9. The molecule has 1 heterocycles. The standard InChI is InChI=1S/C28H40N2O3.C6H5Cl.C5H10N2O.C2H6.H2S/c1-6-23-16-27(32-5)28(33-21(2)3)17-24(23)19-30(20-31)26-14-12-25(13-15-26)29(4)18-22-10-8-7-9-11-22;7-6-4-2-1-3-5-6;1-7-3-2-6-4-5(7)8;1-2;/h12-17,20-22H,6-11,18-19H2,1-5H3;1-5H;6H,2-4H2,1H3;1-2H3;1H2. The molecule has 2 fully saturated rings. The van der Waals surface area contributed by atoms with E-state index in [2.05, 4.69) is 36.3 Å². The topological polar surface area (TPSA) is 74.4 Å². The van der Waals surface area contributed by atoms with Gasteiger partial charge in [0.25, 0.3) is 0 Å². The number of nitrogens with one attached hydrogen (secondary N) is 1. The number of carbonyl (C=O) groups is 2. The summed E-state index contributed by atoms with van der Waals surface area (Å²) in [7, 11) is 5.65. The average molecular weight is 743 g/mol. The molecule has 2 amide bonds. The van der Waals surface area contributed by atoms with Crippen LogP contribution in [0.1, 0.15) is 77.8 Å².